The van der Waals surface area contributed by atoms with E-state index in [1.54, 1.807) is 0 Å². The smallest absolute Gasteiger partial charge is 0.408 e. The molecule has 6 nitrogen and oxygen atoms in total. The first-order valence-corrected chi connectivity index (χ1v) is 8.80. The van der Waals surface area contributed by atoms with Gasteiger partial charge in [0.15, 0.2) is 0 Å². The van der Waals surface area contributed by atoms with Crippen molar-refractivity contribution in [3.05, 3.63) is 30.1 Å². The minimum absolute atomic E-state index is 0.0549. The van der Waals surface area contributed by atoms with Gasteiger partial charge in [0.05, 0.1) is 0 Å². The molecule has 1 aromatic carbocycles. The van der Waals surface area contributed by atoms with E-state index in [2.05, 4.69) is 20.7 Å². The molecule has 2 aromatic rings. The van der Waals surface area contributed by atoms with Crippen molar-refractivity contribution in [2.24, 2.45) is 11.8 Å². The number of nitrogens with one attached hydrogen (secondary N) is 2. The molecule has 2 fully saturated rings. The third-order valence-electron chi connectivity index (χ3n) is 5.00. The summed E-state index contributed by atoms with van der Waals surface area (Å²) in [6, 6.07) is 4.92. The second-order valence-electron chi connectivity index (χ2n) is 6.98. The molecule has 3 atom stereocenters. The van der Waals surface area contributed by atoms with Crippen LogP contribution in [0.15, 0.2) is 24.3 Å². The Kier molecular flexibility index (Phi) is 4.67. The van der Waals surface area contributed by atoms with Gasteiger partial charge < -0.3 is 15.4 Å². The highest BCUT2D eigenvalue weighted by Crippen LogP contribution is 2.36. The average Bonchev–Trinajstić information content (AvgIpc) is 3.02. The summed E-state index contributed by atoms with van der Waals surface area (Å²) in [6.45, 7) is 0.388. The number of benzene rings is 1. The van der Waals surface area contributed by atoms with Crippen molar-refractivity contribution in [1.82, 2.24) is 20.1 Å². The summed E-state index contributed by atoms with van der Waals surface area (Å²) in [4.78, 5) is 4.09. The topological polar surface area (TPSA) is 64.0 Å². The lowest BCUT2D eigenvalue weighted by molar-refractivity contribution is -0.143. The van der Waals surface area contributed by atoms with Crippen LogP contribution < -0.4 is 15.4 Å². The molecule has 4 rings (SSSR count). The molecule has 2 bridgehead atoms. The first-order valence-electron chi connectivity index (χ1n) is 8.80. The molecule has 2 aliphatic rings. The molecule has 1 saturated heterocycles. The van der Waals surface area contributed by atoms with Gasteiger partial charge in [0.2, 0.25) is 5.95 Å². The maximum absolute atomic E-state index is 13.3. The average molecular weight is 385 g/mol. The van der Waals surface area contributed by atoms with Gasteiger partial charge in [0.1, 0.15) is 18.1 Å². The quantitative estimate of drug-likeness (QED) is 0.774. The van der Waals surface area contributed by atoms with Crippen molar-refractivity contribution in [2.45, 2.75) is 31.6 Å². The summed E-state index contributed by atoms with van der Waals surface area (Å²) in [6.07, 6.45) is -2.37. The standard InChI is InChI=1S/C17H19F4N5O/c18-12-2-1-3-13(6-12)27-16-24-15(25-26(16)9-17(19,20)21)23-14-10-4-5-11(14)8-22-7-10/h1-3,6,10-11,14,22H,4-5,7-9H2,(H,23,25)/t10-,11+,14+. The van der Waals surface area contributed by atoms with E-state index in [-0.39, 0.29) is 23.8 Å². The van der Waals surface area contributed by atoms with E-state index in [0.29, 0.717) is 16.5 Å². The first-order chi connectivity index (χ1) is 12.9. The summed E-state index contributed by atoms with van der Waals surface area (Å²) >= 11 is 0. The van der Waals surface area contributed by atoms with E-state index in [9.17, 15) is 17.6 Å². The minimum atomic E-state index is -4.49. The highest BCUT2D eigenvalue weighted by atomic mass is 19.4. The van der Waals surface area contributed by atoms with Crippen molar-refractivity contribution in [3.8, 4) is 11.8 Å². The van der Waals surface area contributed by atoms with Crippen LogP contribution in [-0.4, -0.2) is 40.1 Å². The Hall–Kier alpha value is -2.36. The van der Waals surface area contributed by atoms with Gasteiger partial charge in [-0.25, -0.2) is 9.07 Å². The lowest BCUT2D eigenvalue weighted by Gasteiger charge is -2.30. The van der Waals surface area contributed by atoms with Crippen LogP contribution in [-0.2, 0) is 6.54 Å². The molecule has 0 unspecified atom stereocenters. The van der Waals surface area contributed by atoms with E-state index in [1.807, 2.05) is 0 Å². The number of fused-ring (bicyclic) bond motifs is 2. The highest BCUT2D eigenvalue weighted by Gasteiger charge is 2.40. The van der Waals surface area contributed by atoms with E-state index in [0.717, 1.165) is 32.0 Å². The highest BCUT2D eigenvalue weighted by molar-refractivity contribution is 5.32. The number of piperidine rings is 1. The number of hydrogen-bond donors (Lipinski definition) is 2. The molecule has 0 radical (unpaired) electrons. The van der Waals surface area contributed by atoms with Gasteiger partial charge in [-0.3, -0.25) is 0 Å². The molecule has 146 valence electrons. The zero-order valence-corrected chi connectivity index (χ0v) is 14.3. The maximum atomic E-state index is 13.3. The van der Waals surface area contributed by atoms with Crippen LogP contribution in [0.1, 0.15) is 12.8 Å². The molecule has 10 heteroatoms. The Morgan fingerprint density at radius 3 is 2.63 bits per heavy atom. The van der Waals surface area contributed by atoms with Gasteiger partial charge >= 0.3 is 12.2 Å². The number of alkyl halides is 3. The number of nitrogens with zero attached hydrogens (tertiary/aromatic N) is 3. The van der Waals surface area contributed by atoms with Crippen LogP contribution in [0.4, 0.5) is 23.5 Å². The molecule has 1 aromatic heterocycles. The molecule has 0 spiro atoms. The third kappa shape index (κ3) is 4.15. The molecule has 27 heavy (non-hydrogen) atoms. The van der Waals surface area contributed by atoms with Gasteiger partial charge in [-0.15, -0.1) is 5.10 Å². The van der Waals surface area contributed by atoms with E-state index < -0.39 is 18.5 Å². The molecule has 1 saturated carbocycles. The van der Waals surface area contributed by atoms with E-state index in [1.165, 1.54) is 18.2 Å². The summed E-state index contributed by atoms with van der Waals surface area (Å²) in [5.41, 5.74) is 0. The Balaban J connectivity index is 1.57. The van der Waals surface area contributed by atoms with Crippen molar-refractivity contribution < 1.29 is 22.3 Å². The van der Waals surface area contributed by atoms with Crippen molar-refractivity contribution in [3.63, 3.8) is 0 Å². The van der Waals surface area contributed by atoms with E-state index >= 15 is 0 Å². The van der Waals surface area contributed by atoms with Crippen LogP contribution in [0.5, 0.6) is 11.8 Å². The summed E-state index contributed by atoms with van der Waals surface area (Å²) in [7, 11) is 0. The molecule has 1 aliphatic heterocycles. The van der Waals surface area contributed by atoms with Crippen molar-refractivity contribution in [1.29, 1.82) is 0 Å². The van der Waals surface area contributed by atoms with Gasteiger partial charge in [-0.1, -0.05) is 6.07 Å². The summed E-state index contributed by atoms with van der Waals surface area (Å²) in [5, 5.41) is 10.5. The van der Waals surface area contributed by atoms with Gasteiger partial charge in [-0.2, -0.15) is 18.2 Å². The SMILES string of the molecule is Fc1cccc(Oc2nc(N[C@H]3[C@@H]4CC[C@H]3CNC4)nn2CC(F)(F)F)c1. The normalized spacial score (nSPS) is 24.8. The Bertz CT molecular complexity index is 793. The molecular formula is C17H19F4N5O. The van der Waals surface area contributed by atoms with Crippen LogP contribution in [0, 0.1) is 17.7 Å². The Labute approximate surface area is 152 Å². The first kappa shape index (κ1) is 18.0. The number of halogens is 4. The molecule has 2 N–H and O–H groups in total. The van der Waals surface area contributed by atoms with Crippen LogP contribution in [0.3, 0.4) is 0 Å². The van der Waals surface area contributed by atoms with Gasteiger partial charge in [0.25, 0.3) is 0 Å². The Morgan fingerprint density at radius 2 is 1.96 bits per heavy atom. The monoisotopic (exact) mass is 385 g/mol. The third-order valence-corrected chi connectivity index (χ3v) is 5.00. The van der Waals surface area contributed by atoms with Gasteiger partial charge in [-0.05, 0) is 49.9 Å². The van der Waals surface area contributed by atoms with Crippen LogP contribution in [0.2, 0.25) is 0 Å². The fraction of sp³-hybridized carbons (Fsp3) is 0.529. The molecule has 0 amide bonds. The zero-order chi connectivity index (χ0) is 19.0. The predicted octanol–water partition coefficient (Wildman–Crippen LogP) is 3.18. The second kappa shape index (κ2) is 6.99. The number of aromatic nitrogens is 3. The number of rotatable bonds is 5. The zero-order valence-electron chi connectivity index (χ0n) is 14.3. The van der Waals surface area contributed by atoms with Crippen LogP contribution >= 0.6 is 0 Å². The largest absolute Gasteiger partial charge is 0.424 e. The second-order valence-corrected chi connectivity index (χ2v) is 6.98. The van der Waals surface area contributed by atoms with Crippen molar-refractivity contribution >= 4 is 5.95 Å². The number of hydrogen-bond acceptors (Lipinski definition) is 5. The number of anilines is 1. The fourth-order valence-corrected chi connectivity index (χ4v) is 3.84. The number of ether oxygens (including phenoxy) is 1. The van der Waals surface area contributed by atoms with Gasteiger partial charge in [0, 0.05) is 12.1 Å². The maximum Gasteiger partial charge on any atom is 0.408 e. The lowest BCUT2D eigenvalue weighted by Crippen LogP contribution is -2.45. The summed E-state index contributed by atoms with van der Waals surface area (Å²) in [5.74, 6) is 0.379. The summed E-state index contributed by atoms with van der Waals surface area (Å²) < 4.78 is 58.0. The Morgan fingerprint density at radius 1 is 1.22 bits per heavy atom. The minimum Gasteiger partial charge on any atom is -0.424 e. The molecule has 1 aliphatic carbocycles. The lowest BCUT2D eigenvalue weighted by atomic mass is 9.94. The molecular weight excluding hydrogens is 366 g/mol. The molecule has 2 heterocycles. The predicted molar refractivity (Wildman–Crippen MR) is 89.0 cm³/mol. The van der Waals surface area contributed by atoms with Crippen LogP contribution in [0.25, 0.3) is 0 Å². The van der Waals surface area contributed by atoms with Crippen molar-refractivity contribution in [2.75, 3.05) is 18.4 Å². The fourth-order valence-electron chi connectivity index (χ4n) is 3.84. The van der Waals surface area contributed by atoms with E-state index in [4.69, 9.17) is 4.74 Å².